The average Bonchev–Trinajstić information content (AvgIpc) is 2.58. The van der Waals surface area contributed by atoms with Crippen LogP contribution in [0.2, 0.25) is 0 Å². The molecule has 0 aliphatic rings. The van der Waals surface area contributed by atoms with E-state index in [0.717, 1.165) is 0 Å². The van der Waals surface area contributed by atoms with Gasteiger partial charge >= 0.3 is 6.09 Å². The number of aromatic hydroxyl groups is 2. The van der Waals surface area contributed by atoms with Gasteiger partial charge in [0.15, 0.2) is 5.76 Å². The molecular weight excluding hydrogens is 228 g/mol. The van der Waals surface area contributed by atoms with Crippen LogP contribution in [0.5, 0.6) is 11.5 Å². The third-order valence-electron chi connectivity index (χ3n) is 2.00. The Bertz CT molecular complexity index is 549. The normalized spacial score (nSPS) is 10.1. The lowest BCUT2D eigenvalue weighted by Gasteiger charge is -1.95. The zero-order valence-corrected chi connectivity index (χ0v) is 8.41. The van der Waals surface area contributed by atoms with Crippen LogP contribution < -0.4 is 5.32 Å². The summed E-state index contributed by atoms with van der Waals surface area (Å²) < 4.78 is 5.01. The molecule has 4 N–H and O–H groups in total. The van der Waals surface area contributed by atoms with Gasteiger partial charge in [0.1, 0.15) is 0 Å². The summed E-state index contributed by atoms with van der Waals surface area (Å²) >= 11 is 0. The molecule has 0 fully saturated rings. The molecule has 88 valence electrons. The van der Waals surface area contributed by atoms with Crippen molar-refractivity contribution in [2.45, 2.75) is 0 Å². The number of hydrogen-bond acceptors (Lipinski definition) is 5. The second-order valence-electron chi connectivity index (χ2n) is 3.13. The van der Waals surface area contributed by atoms with Gasteiger partial charge in [-0.2, -0.15) is 0 Å². The lowest BCUT2D eigenvalue weighted by Crippen LogP contribution is -2.06. The van der Waals surface area contributed by atoms with Crippen molar-refractivity contribution in [2.75, 3.05) is 5.32 Å². The average molecular weight is 236 g/mol. The van der Waals surface area contributed by atoms with Crippen LogP contribution in [0.3, 0.4) is 0 Å². The first kappa shape index (κ1) is 10.8. The molecule has 0 radical (unpaired) electrons. The number of nitrogens with zero attached hydrogens (tertiary/aromatic N) is 1. The van der Waals surface area contributed by atoms with Gasteiger partial charge in [0.2, 0.25) is 17.4 Å². The monoisotopic (exact) mass is 236 g/mol. The first-order valence-electron chi connectivity index (χ1n) is 4.54. The van der Waals surface area contributed by atoms with Crippen LogP contribution >= 0.6 is 0 Å². The zero-order chi connectivity index (χ0) is 12.4. The first-order chi connectivity index (χ1) is 8.09. The standard InChI is InChI=1S/C10H8N2O5/c13-6-7(14)9(12-10(15)16)17-8(6)5-2-1-3-11-4-5/h1-4,12-14H,(H,15,16). The maximum Gasteiger partial charge on any atom is 0.411 e. The summed E-state index contributed by atoms with van der Waals surface area (Å²) in [5.41, 5.74) is 0.415. The van der Waals surface area contributed by atoms with Crippen LogP contribution in [-0.2, 0) is 0 Å². The molecule has 2 aromatic rings. The molecule has 0 saturated heterocycles. The van der Waals surface area contributed by atoms with E-state index in [-0.39, 0.29) is 5.76 Å². The van der Waals surface area contributed by atoms with Gasteiger partial charge in [-0.05, 0) is 12.1 Å². The summed E-state index contributed by atoms with van der Waals surface area (Å²) in [6.45, 7) is 0. The summed E-state index contributed by atoms with van der Waals surface area (Å²) in [4.78, 5) is 14.2. The number of amides is 1. The molecule has 1 amide bonds. The van der Waals surface area contributed by atoms with E-state index in [0.29, 0.717) is 5.56 Å². The van der Waals surface area contributed by atoms with E-state index in [4.69, 9.17) is 9.52 Å². The molecule has 17 heavy (non-hydrogen) atoms. The Morgan fingerprint density at radius 2 is 2.12 bits per heavy atom. The number of pyridine rings is 1. The van der Waals surface area contributed by atoms with Crippen molar-refractivity contribution in [3.05, 3.63) is 24.5 Å². The molecule has 7 nitrogen and oxygen atoms in total. The fourth-order valence-electron chi connectivity index (χ4n) is 1.29. The Kier molecular flexibility index (Phi) is 2.57. The van der Waals surface area contributed by atoms with Gasteiger partial charge in [-0.3, -0.25) is 10.3 Å². The highest BCUT2D eigenvalue weighted by atomic mass is 16.4. The summed E-state index contributed by atoms with van der Waals surface area (Å²) in [6, 6.07) is 3.20. The topological polar surface area (TPSA) is 116 Å². The van der Waals surface area contributed by atoms with E-state index in [1.807, 2.05) is 5.32 Å². The number of carbonyl (C=O) groups is 1. The number of anilines is 1. The Hall–Kier alpha value is -2.70. The van der Waals surface area contributed by atoms with Crippen molar-refractivity contribution in [2.24, 2.45) is 0 Å². The number of nitrogens with one attached hydrogen (secondary N) is 1. The lowest BCUT2D eigenvalue weighted by molar-refractivity contribution is 0.209. The maximum absolute atomic E-state index is 10.4. The zero-order valence-electron chi connectivity index (χ0n) is 8.41. The van der Waals surface area contributed by atoms with Crippen molar-refractivity contribution >= 4 is 12.0 Å². The number of hydrogen-bond donors (Lipinski definition) is 4. The van der Waals surface area contributed by atoms with E-state index in [1.165, 1.54) is 12.4 Å². The first-order valence-corrected chi connectivity index (χ1v) is 4.54. The minimum atomic E-state index is -1.41. The predicted octanol–water partition coefficient (Wildman–Crippen LogP) is 1.84. The van der Waals surface area contributed by atoms with Gasteiger partial charge < -0.3 is 19.7 Å². The fraction of sp³-hybridized carbons (Fsp3) is 0. The molecule has 0 atom stereocenters. The minimum absolute atomic E-state index is 0.0562. The number of aromatic nitrogens is 1. The van der Waals surface area contributed by atoms with Gasteiger partial charge in [0.25, 0.3) is 0 Å². The van der Waals surface area contributed by atoms with Crippen molar-refractivity contribution in [3.63, 3.8) is 0 Å². The van der Waals surface area contributed by atoms with Crippen LogP contribution in [0, 0.1) is 0 Å². The Labute approximate surface area is 95.0 Å². The summed E-state index contributed by atoms with van der Waals surface area (Å²) in [5, 5.41) is 29.3. The third-order valence-corrected chi connectivity index (χ3v) is 2.00. The van der Waals surface area contributed by atoms with Crippen molar-refractivity contribution in [3.8, 4) is 22.8 Å². The van der Waals surface area contributed by atoms with E-state index in [2.05, 4.69) is 4.98 Å². The predicted molar refractivity (Wildman–Crippen MR) is 56.9 cm³/mol. The maximum atomic E-state index is 10.4. The van der Waals surface area contributed by atoms with Crippen molar-refractivity contribution in [1.82, 2.24) is 4.98 Å². The third kappa shape index (κ3) is 1.98. The Balaban J connectivity index is 2.46. The number of rotatable bonds is 2. The molecule has 2 heterocycles. The van der Waals surface area contributed by atoms with Crippen molar-refractivity contribution < 1.29 is 24.5 Å². The number of carboxylic acid groups (broad SMARTS) is 1. The van der Waals surface area contributed by atoms with Crippen LogP contribution in [0.15, 0.2) is 28.9 Å². The summed E-state index contributed by atoms with van der Waals surface area (Å²) in [5.74, 6) is -1.69. The highest BCUT2D eigenvalue weighted by Gasteiger charge is 2.21. The Morgan fingerprint density at radius 3 is 2.71 bits per heavy atom. The SMILES string of the molecule is O=C(O)Nc1oc(-c2cccnc2)c(O)c1O. The molecule has 0 aliphatic heterocycles. The Morgan fingerprint density at radius 1 is 1.35 bits per heavy atom. The molecule has 0 unspecified atom stereocenters. The van der Waals surface area contributed by atoms with Crippen LogP contribution in [-0.4, -0.2) is 26.4 Å². The second kappa shape index (κ2) is 4.05. The molecule has 0 aromatic carbocycles. The fourth-order valence-corrected chi connectivity index (χ4v) is 1.29. The van der Waals surface area contributed by atoms with Gasteiger partial charge in [-0.1, -0.05) is 0 Å². The minimum Gasteiger partial charge on any atom is -0.502 e. The molecule has 0 bridgehead atoms. The molecule has 2 aromatic heterocycles. The van der Waals surface area contributed by atoms with E-state index < -0.39 is 23.5 Å². The molecule has 0 saturated carbocycles. The van der Waals surface area contributed by atoms with Crippen molar-refractivity contribution in [1.29, 1.82) is 0 Å². The largest absolute Gasteiger partial charge is 0.502 e. The molecule has 0 spiro atoms. The smallest absolute Gasteiger partial charge is 0.411 e. The quantitative estimate of drug-likeness (QED) is 0.632. The van der Waals surface area contributed by atoms with Crippen LogP contribution in [0.4, 0.5) is 10.7 Å². The van der Waals surface area contributed by atoms with Gasteiger partial charge in [-0.25, -0.2) is 4.79 Å². The van der Waals surface area contributed by atoms with E-state index in [9.17, 15) is 15.0 Å². The summed E-state index contributed by atoms with van der Waals surface area (Å²) in [6.07, 6.45) is 1.52. The molecule has 0 aliphatic carbocycles. The molecule has 2 rings (SSSR count). The van der Waals surface area contributed by atoms with Gasteiger partial charge in [-0.15, -0.1) is 0 Å². The second-order valence-corrected chi connectivity index (χ2v) is 3.13. The van der Waals surface area contributed by atoms with E-state index in [1.54, 1.807) is 12.1 Å². The highest BCUT2D eigenvalue weighted by Crippen LogP contribution is 2.44. The molecular formula is C10H8N2O5. The lowest BCUT2D eigenvalue weighted by atomic mass is 10.2. The van der Waals surface area contributed by atoms with Crippen LogP contribution in [0.1, 0.15) is 0 Å². The molecule has 7 heteroatoms. The number of furan rings is 1. The summed E-state index contributed by atoms with van der Waals surface area (Å²) in [7, 11) is 0. The van der Waals surface area contributed by atoms with Gasteiger partial charge in [0, 0.05) is 18.0 Å². The van der Waals surface area contributed by atoms with E-state index >= 15 is 0 Å². The van der Waals surface area contributed by atoms with Gasteiger partial charge in [0.05, 0.1) is 0 Å². The van der Waals surface area contributed by atoms with Crippen LogP contribution in [0.25, 0.3) is 11.3 Å². The highest BCUT2D eigenvalue weighted by molar-refractivity contribution is 5.85.